The van der Waals surface area contributed by atoms with Crippen LogP contribution in [0.25, 0.3) is 33.1 Å². The number of nitrogens with zero attached hydrogens (tertiary/aromatic N) is 4. The van der Waals surface area contributed by atoms with Crippen molar-refractivity contribution in [3.05, 3.63) is 71.1 Å². The lowest BCUT2D eigenvalue weighted by Crippen LogP contribution is -2.44. The second-order valence-corrected chi connectivity index (χ2v) is 10.4. The third kappa shape index (κ3) is 4.81. The number of nitrogens with two attached hydrogens (primary N) is 2. The number of nitrogen functional groups attached to an aromatic ring is 1. The van der Waals surface area contributed by atoms with Gasteiger partial charge in [-0.1, -0.05) is 48.0 Å². The van der Waals surface area contributed by atoms with Crippen LogP contribution in [0.4, 0.5) is 20.4 Å². The Kier molecular flexibility index (Phi) is 7.01. The minimum Gasteiger partial charge on any atom is -0.373 e. The van der Waals surface area contributed by atoms with Crippen molar-refractivity contribution < 1.29 is 23.5 Å². The molecular weight excluding hydrogens is 570 g/mol. The first kappa shape index (κ1) is 27.6. The highest BCUT2D eigenvalue weighted by molar-refractivity contribution is 6.37. The number of aliphatic hydroxyl groups is 1. The smallest absolute Gasteiger partial charge is 0.247 e. The van der Waals surface area contributed by atoms with Crippen LogP contribution < -0.4 is 16.8 Å². The van der Waals surface area contributed by atoms with E-state index in [0.717, 1.165) is 4.90 Å². The minimum atomic E-state index is -1.45. The van der Waals surface area contributed by atoms with Crippen LogP contribution in [-0.2, 0) is 16.1 Å². The number of carbonyl (C=O) groups is 2. The van der Waals surface area contributed by atoms with Crippen LogP contribution in [0, 0.1) is 5.82 Å². The van der Waals surface area contributed by atoms with E-state index < -0.39 is 36.1 Å². The van der Waals surface area contributed by atoms with E-state index in [1.807, 2.05) is 0 Å². The van der Waals surface area contributed by atoms with Gasteiger partial charge in [0.25, 0.3) is 0 Å². The summed E-state index contributed by atoms with van der Waals surface area (Å²) in [6.07, 6.45) is -3.08. The summed E-state index contributed by atoms with van der Waals surface area (Å²) < 4.78 is 31.6. The second-order valence-electron chi connectivity index (χ2n) is 10.00. The second kappa shape index (κ2) is 10.7. The van der Waals surface area contributed by atoms with Crippen molar-refractivity contribution in [2.24, 2.45) is 5.73 Å². The first-order chi connectivity index (χ1) is 20.1. The van der Waals surface area contributed by atoms with Gasteiger partial charge in [0.2, 0.25) is 11.8 Å². The quantitative estimate of drug-likeness (QED) is 0.187. The van der Waals surface area contributed by atoms with Crippen LogP contribution in [-0.4, -0.2) is 60.3 Å². The number of rotatable bonds is 6. The topological polar surface area (TPSA) is 168 Å². The zero-order valence-corrected chi connectivity index (χ0v) is 22.6. The predicted molar refractivity (Wildman–Crippen MR) is 153 cm³/mol. The SMILES string of the molecule is Nc1nc2ccc(-c3cccc(NC(=O)[C@@H]4C[C@@H](F)CN4C(=O)Cn4nc(C(N)O)c5ccccc54)c3F)c(Cl)c2[nH]1. The number of amides is 2. The fourth-order valence-corrected chi connectivity index (χ4v) is 5.65. The number of anilines is 2. The molecule has 6 rings (SSSR count). The van der Waals surface area contributed by atoms with Crippen molar-refractivity contribution in [3.63, 3.8) is 0 Å². The molecular formula is C28H25ClF2N8O3. The summed E-state index contributed by atoms with van der Waals surface area (Å²) in [5.74, 6) is -1.92. The zero-order valence-electron chi connectivity index (χ0n) is 21.9. The third-order valence-electron chi connectivity index (χ3n) is 7.29. The Bertz CT molecular complexity index is 1860. The Morgan fingerprint density at radius 1 is 1.17 bits per heavy atom. The van der Waals surface area contributed by atoms with E-state index >= 15 is 4.39 Å². The summed E-state index contributed by atoms with van der Waals surface area (Å²) in [6.45, 7) is -0.638. The summed E-state index contributed by atoms with van der Waals surface area (Å²) in [5, 5.41) is 17.4. The summed E-state index contributed by atoms with van der Waals surface area (Å²) in [4.78, 5) is 34.7. The van der Waals surface area contributed by atoms with Crippen LogP contribution in [0.2, 0.25) is 5.02 Å². The number of carbonyl (C=O) groups excluding carboxylic acids is 2. The summed E-state index contributed by atoms with van der Waals surface area (Å²) in [5.41, 5.74) is 13.3. The number of halogens is 3. The number of hydrogen-bond donors (Lipinski definition) is 5. The summed E-state index contributed by atoms with van der Waals surface area (Å²) in [7, 11) is 0. The Morgan fingerprint density at radius 2 is 1.95 bits per heavy atom. The lowest BCUT2D eigenvalue weighted by atomic mass is 10.0. The summed E-state index contributed by atoms with van der Waals surface area (Å²) in [6, 6.07) is 13.3. The molecule has 216 valence electrons. The van der Waals surface area contributed by atoms with Gasteiger partial charge in [-0.2, -0.15) is 5.10 Å². The van der Waals surface area contributed by atoms with E-state index in [4.69, 9.17) is 23.1 Å². The molecule has 0 saturated carbocycles. The fraction of sp³-hybridized carbons (Fsp3) is 0.214. The van der Waals surface area contributed by atoms with Gasteiger partial charge >= 0.3 is 0 Å². The van der Waals surface area contributed by atoms with Crippen molar-refractivity contribution in [3.8, 4) is 11.1 Å². The maximum absolute atomic E-state index is 15.7. The molecule has 11 nitrogen and oxygen atoms in total. The van der Waals surface area contributed by atoms with Crippen LogP contribution in [0.1, 0.15) is 18.3 Å². The molecule has 42 heavy (non-hydrogen) atoms. The monoisotopic (exact) mass is 594 g/mol. The van der Waals surface area contributed by atoms with E-state index in [2.05, 4.69) is 20.4 Å². The van der Waals surface area contributed by atoms with Crippen LogP contribution >= 0.6 is 11.6 Å². The zero-order chi connectivity index (χ0) is 29.7. The molecule has 3 heterocycles. The Hall–Kier alpha value is -4.59. The molecule has 0 aliphatic carbocycles. The molecule has 7 N–H and O–H groups in total. The number of aromatic nitrogens is 4. The highest BCUT2D eigenvalue weighted by Crippen LogP contribution is 2.37. The number of fused-ring (bicyclic) bond motifs is 2. The van der Waals surface area contributed by atoms with Gasteiger partial charge in [0.1, 0.15) is 30.7 Å². The fourth-order valence-electron chi connectivity index (χ4n) is 5.34. The van der Waals surface area contributed by atoms with Crippen molar-refractivity contribution in [1.29, 1.82) is 0 Å². The van der Waals surface area contributed by atoms with Gasteiger partial charge in [-0.05, 0) is 18.2 Å². The van der Waals surface area contributed by atoms with Gasteiger partial charge in [-0.25, -0.2) is 13.8 Å². The van der Waals surface area contributed by atoms with Crippen molar-refractivity contribution in [2.75, 3.05) is 17.6 Å². The maximum atomic E-state index is 15.7. The number of para-hydroxylation sites is 1. The molecule has 1 unspecified atom stereocenters. The molecule has 3 atom stereocenters. The molecule has 1 fully saturated rings. The Labute approximate surface area is 242 Å². The average Bonchev–Trinajstić information content (AvgIpc) is 3.65. The van der Waals surface area contributed by atoms with Gasteiger partial charge in [0.15, 0.2) is 11.8 Å². The van der Waals surface area contributed by atoms with Crippen molar-refractivity contribution in [1.82, 2.24) is 24.6 Å². The van der Waals surface area contributed by atoms with E-state index in [1.54, 1.807) is 36.4 Å². The van der Waals surface area contributed by atoms with Crippen molar-refractivity contribution >= 4 is 57.0 Å². The van der Waals surface area contributed by atoms with E-state index in [9.17, 15) is 19.1 Å². The normalized spacial score (nSPS) is 17.7. The molecule has 2 aromatic heterocycles. The molecule has 1 aliphatic rings. The van der Waals surface area contributed by atoms with Crippen LogP contribution in [0.5, 0.6) is 0 Å². The number of nitrogens with one attached hydrogen (secondary N) is 2. The number of benzene rings is 3. The highest BCUT2D eigenvalue weighted by Gasteiger charge is 2.40. The van der Waals surface area contributed by atoms with Gasteiger partial charge in [0, 0.05) is 22.9 Å². The molecule has 5 aromatic rings. The molecule has 0 radical (unpaired) electrons. The number of likely N-dealkylation sites (tertiary alicyclic amines) is 1. The van der Waals surface area contributed by atoms with Gasteiger partial charge in [-0.15, -0.1) is 0 Å². The number of imidazole rings is 1. The Balaban J connectivity index is 1.24. The maximum Gasteiger partial charge on any atom is 0.247 e. The molecule has 1 aliphatic heterocycles. The standard InChI is InChI=1S/C28H25ClF2N8O3/c29-22-14(8-9-18-25(22)36-28(33)35-18)15-5-3-6-17(23(15)31)34-27(42)20-10-13(30)11-38(20)21(40)12-39-19-7-2-1-4-16(19)24(37-39)26(32)41/h1-9,13,20,26,41H,10-12,32H2,(H,34,42)(H3,33,35,36)/t13-,20+,26?/m1/s1. The number of hydrogen-bond acceptors (Lipinski definition) is 7. The number of alkyl halides is 1. The Morgan fingerprint density at radius 3 is 2.74 bits per heavy atom. The van der Waals surface area contributed by atoms with Crippen LogP contribution in [0.3, 0.4) is 0 Å². The van der Waals surface area contributed by atoms with E-state index in [1.165, 1.54) is 22.9 Å². The first-order valence-electron chi connectivity index (χ1n) is 13.0. The van der Waals surface area contributed by atoms with Crippen LogP contribution in [0.15, 0.2) is 54.6 Å². The number of aromatic amines is 1. The number of aliphatic hydroxyl groups excluding tert-OH is 1. The highest BCUT2D eigenvalue weighted by atomic mass is 35.5. The summed E-state index contributed by atoms with van der Waals surface area (Å²) >= 11 is 6.52. The lowest BCUT2D eigenvalue weighted by molar-refractivity contribution is -0.137. The van der Waals surface area contributed by atoms with Crippen molar-refractivity contribution in [2.45, 2.75) is 31.4 Å². The van der Waals surface area contributed by atoms with E-state index in [-0.39, 0.29) is 47.4 Å². The lowest BCUT2D eigenvalue weighted by Gasteiger charge is -2.24. The minimum absolute atomic E-state index is 0.110. The predicted octanol–water partition coefficient (Wildman–Crippen LogP) is 3.48. The van der Waals surface area contributed by atoms with Gasteiger partial charge < -0.3 is 31.8 Å². The number of H-pyrrole nitrogens is 1. The molecule has 0 bridgehead atoms. The third-order valence-corrected chi connectivity index (χ3v) is 7.68. The van der Waals surface area contributed by atoms with Gasteiger partial charge in [-0.3, -0.25) is 14.3 Å². The molecule has 1 saturated heterocycles. The first-order valence-corrected chi connectivity index (χ1v) is 13.4. The molecule has 3 aromatic carbocycles. The van der Waals surface area contributed by atoms with Gasteiger partial charge in [0.05, 0.1) is 33.8 Å². The molecule has 2 amide bonds. The molecule has 14 heteroatoms. The molecule has 0 spiro atoms. The largest absolute Gasteiger partial charge is 0.373 e. The van der Waals surface area contributed by atoms with E-state index in [0.29, 0.717) is 27.5 Å². The average molecular weight is 595 g/mol.